The van der Waals surface area contributed by atoms with Gasteiger partial charge in [0, 0.05) is 5.56 Å². The molecule has 0 unspecified atom stereocenters. The van der Waals surface area contributed by atoms with E-state index in [-0.39, 0.29) is 11.7 Å². The lowest BCUT2D eigenvalue weighted by atomic mass is 10.0. The molecule has 0 radical (unpaired) electrons. The Bertz CT molecular complexity index is 891. The van der Waals surface area contributed by atoms with E-state index >= 15 is 0 Å². The van der Waals surface area contributed by atoms with Crippen molar-refractivity contribution >= 4 is 17.3 Å². The van der Waals surface area contributed by atoms with Crippen LogP contribution in [0.15, 0.2) is 66.7 Å². The normalized spacial score (nSPS) is 10.3. The molecule has 3 aromatic carbocycles. The summed E-state index contributed by atoms with van der Waals surface area (Å²) in [5, 5.41) is 2.81. The Balaban J connectivity index is 1.84. The molecule has 3 N–H and O–H groups in total. The summed E-state index contributed by atoms with van der Waals surface area (Å²) < 4.78 is 18.2. The summed E-state index contributed by atoms with van der Waals surface area (Å²) in [6.45, 7) is 0. The molecule has 0 spiro atoms. The van der Waals surface area contributed by atoms with Gasteiger partial charge in [-0.3, -0.25) is 4.79 Å². The summed E-state index contributed by atoms with van der Waals surface area (Å²) >= 11 is 0. The zero-order valence-corrected chi connectivity index (χ0v) is 13.6. The van der Waals surface area contributed by atoms with Gasteiger partial charge >= 0.3 is 0 Å². The average Bonchev–Trinajstić information content (AvgIpc) is 2.64. The van der Waals surface area contributed by atoms with E-state index in [2.05, 4.69) is 5.32 Å². The number of nitrogens with two attached hydrogens (primary N) is 1. The van der Waals surface area contributed by atoms with Crippen molar-refractivity contribution in [1.82, 2.24) is 0 Å². The van der Waals surface area contributed by atoms with Gasteiger partial charge in [-0.1, -0.05) is 18.2 Å². The molecule has 1 amide bonds. The summed E-state index contributed by atoms with van der Waals surface area (Å²) in [4.78, 5) is 12.4. The van der Waals surface area contributed by atoms with Gasteiger partial charge < -0.3 is 15.8 Å². The number of hydrogen-bond acceptors (Lipinski definition) is 3. The van der Waals surface area contributed by atoms with Crippen molar-refractivity contribution in [2.24, 2.45) is 0 Å². The highest BCUT2D eigenvalue weighted by molar-refractivity contribution is 6.06. The highest BCUT2D eigenvalue weighted by atomic mass is 19.1. The van der Waals surface area contributed by atoms with Gasteiger partial charge in [0.2, 0.25) is 0 Å². The van der Waals surface area contributed by atoms with E-state index in [9.17, 15) is 9.18 Å². The van der Waals surface area contributed by atoms with E-state index < -0.39 is 0 Å². The van der Waals surface area contributed by atoms with E-state index in [1.54, 1.807) is 55.6 Å². The number of carbonyl (C=O) groups is 1. The maximum absolute atomic E-state index is 13.1. The standard InChI is InChI=1S/C20H17FN2O2/c1-25-17-9-4-14(5-10-17)20(24)23-19-12-15(6-11-18(19)22)13-2-7-16(21)8-3-13/h2-12H,22H2,1H3,(H,23,24). The zero-order valence-electron chi connectivity index (χ0n) is 13.6. The molecule has 0 aliphatic rings. The Morgan fingerprint density at radius 1 is 0.960 bits per heavy atom. The quantitative estimate of drug-likeness (QED) is 0.697. The number of nitrogens with one attached hydrogen (secondary N) is 1. The molecule has 0 heterocycles. The lowest BCUT2D eigenvalue weighted by molar-refractivity contribution is 0.102. The monoisotopic (exact) mass is 336 g/mol. The maximum atomic E-state index is 13.1. The van der Waals surface area contributed by atoms with Crippen LogP contribution >= 0.6 is 0 Å². The molecule has 3 aromatic rings. The Morgan fingerprint density at radius 3 is 2.24 bits per heavy atom. The molecular formula is C20H17FN2O2. The predicted molar refractivity (Wildman–Crippen MR) is 97.2 cm³/mol. The minimum atomic E-state index is -0.299. The fraction of sp³-hybridized carbons (Fsp3) is 0.0500. The first kappa shape index (κ1) is 16.5. The second kappa shape index (κ2) is 7.05. The molecule has 25 heavy (non-hydrogen) atoms. The van der Waals surface area contributed by atoms with Gasteiger partial charge in [0.05, 0.1) is 18.5 Å². The molecule has 0 aromatic heterocycles. The second-order valence-electron chi connectivity index (χ2n) is 5.49. The first-order valence-corrected chi connectivity index (χ1v) is 7.67. The fourth-order valence-corrected chi connectivity index (χ4v) is 2.42. The Kier molecular flexibility index (Phi) is 4.66. The van der Waals surface area contributed by atoms with Crippen LogP contribution in [-0.2, 0) is 0 Å². The van der Waals surface area contributed by atoms with Crippen molar-refractivity contribution < 1.29 is 13.9 Å². The van der Waals surface area contributed by atoms with Crippen LogP contribution in [0.4, 0.5) is 15.8 Å². The van der Waals surface area contributed by atoms with Gasteiger partial charge in [-0.05, 0) is 59.7 Å². The van der Waals surface area contributed by atoms with Gasteiger partial charge in [-0.25, -0.2) is 4.39 Å². The highest BCUT2D eigenvalue weighted by Crippen LogP contribution is 2.28. The van der Waals surface area contributed by atoms with Gasteiger partial charge in [-0.15, -0.1) is 0 Å². The van der Waals surface area contributed by atoms with Crippen LogP contribution in [0, 0.1) is 5.82 Å². The minimum Gasteiger partial charge on any atom is -0.497 e. The Labute approximate surface area is 145 Å². The molecule has 4 nitrogen and oxygen atoms in total. The highest BCUT2D eigenvalue weighted by Gasteiger charge is 2.10. The average molecular weight is 336 g/mol. The summed E-state index contributed by atoms with van der Waals surface area (Å²) in [7, 11) is 1.57. The van der Waals surface area contributed by atoms with Crippen molar-refractivity contribution in [1.29, 1.82) is 0 Å². The lowest BCUT2D eigenvalue weighted by Crippen LogP contribution is -2.13. The maximum Gasteiger partial charge on any atom is 0.255 e. The number of methoxy groups -OCH3 is 1. The van der Waals surface area contributed by atoms with Gasteiger partial charge in [-0.2, -0.15) is 0 Å². The predicted octanol–water partition coefficient (Wildman–Crippen LogP) is 4.34. The molecule has 0 aliphatic heterocycles. The number of benzene rings is 3. The molecule has 0 aliphatic carbocycles. The number of ether oxygens (including phenoxy) is 1. The van der Waals surface area contributed by atoms with Crippen LogP contribution < -0.4 is 15.8 Å². The third kappa shape index (κ3) is 3.77. The summed E-state index contributed by atoms with van der Waals surface area (Å²) in [6.07, 6.45) is 0. The number of amides is 1. The van der Waals surface area contributed by atoms with Gasteiger partial charge in [0.15, 0.2) is 0 Å². The summed E-state index contributed by atoms with van der Waals surface area (Å²) in [5.41, 5.74) is 9.08. The molecule has 0 saturated heterocycles. The van der Waals surface area contributed by atoms with Gasteiger partial charge in [0.1, 0.15) is 11.6 Å². The van der Waals surface area contributed by atoms with E-state index in [0.717, 1.165) is 11.1 Å². The van der Waals surface area contributed by atoms with Crippen LogP contribution in [-0.4, -0.2) is 13.0 Å². The minimum absolute atomic E-state index is 0.273. The Hall–Kier alpha value is -3.34. The van der Waals surface area contributed by atoms with Crippen LogP contribution in [0.2, 0.25) is 0 Å². The van der Waals surface area contributed by atoms with Crippen molar-refractivity contribution in [2.75, 3.05) is 18.2 Å². The van der Waals surface area contributed by atoms with Crippen LogP contribution in [0.1, 0.15) is 10.4 Å². The molecule has 0 bridgehead atoms. The Morgan fingerprint density at radius 2 is 1.60 bits per heavy atom. The number of nitrogen functional groups attached to an aromatic ring is 1. The molecule has 0 atom stereocenters. The van der Waals surface area contributed by atoms with Crippen LogP contribution in [0.25, 0.3) is 11.1 Å². The number of rotatable bonds is 4. The number of carbonyl (C=O) groups excluding carboxylic acids is 1. The van der Waals surface area contributed by atoms with Crippen LogP contribution in [0.3, 0.4) is 0 Å². The summed E-state index contributed by atoms with van der Waals surface area (Å²) in [6, 6.07) is 18.2. The SMILES string of the molecule is COc1ccc(C(=O)Nc2cc(-c3ccc(F)cc3)ccc2N)cc1. The number of hydrogen-bond donors (Lipinski definition) is 2. The summed E-state index contributed by atoms with van der Waals surface area (Å²) in [5.74, 6) is 0.104. The molecular weight excluding hydrogens is 319 g/mol. The second-order valence-corrected chi connectivity index (χ2v) is 5.49. The van der Waals surface area contributed by atoms with E-state index in [0.29, 0.717) is 22.7 Å². The first-order chi connectivity index (χ1) is 12.1. The van der Waals surface area contributed by atoms with Crippen molar-refractivity contribution in [3.05, 3.63) is 78.1 Å². The third-order valence-electron chi connectivity index (χ3n) is 3.83. The molecule has 0 saturated carbocycles. The lowest BCUT2D eigenvalue weighted by Gasteiger charge is -2.11. The largest absolute Gasteiger partial charge is 0.497 e. The van der Waals surface area contributed by atoms with E-state index in [1.165, 1.54) is 12.1 Å². The van der Waals surface area contributed by atoms with Crippen molar-refractivity contribution in [2.45, 2.75) is 0 Å². The molecule has 0 fully saturated rings. The molecule has 3 rings (SSSR count). The van der Waals surface area contributed by atoms with E-state index in [4.69, 9.17) is 10.5 Å². The number of anilines is 2. The molecule has 5 heteroatoms. The van der Waals surface area contributed by atoms with Crippen molar-refractivity contribution in [3.8, 4) is 16.9 Å². The topological polar surface area (TPSA) is 64.3 Å². The van der Waals surface area contributed by atoms with E-state index in [1.807, 2.05) is 6.07 Å². The number of halogens is 1. The van der Waals surface area contributed by atoms with Crippen molar-refractivity contribution in [3.63, 3.8) is 0 Å². The third-order valence-corrected chi connectivity index (χ3v) is 3.83. The zero-order chi connectivity index (χ0) is 17.8. The smallest absolute Gasteiger partial charge is 0.255 e. The molecule has 126 valence electrons. The first-order valence-electron chi connectivity index (χ1n) is 7.67. The van der Waals surface area contributed by atoms with Gasteiger partial charge in [0.25, 0.3) is 5.91 Å². The fourth-order valence-electron chi connectivity index (χ4n) is 2.42. The van der Waals surface area contributed by atoms with Crippen LogP contribution in [0.5, 0.6) is 5.75 Å².